The second-order valence-electron chi connectivity index (χ2n) is 4.43. The number of carbonyl (C=O) groups is 2. The zero-order valence-corrected chi connectivity index (χ0v) is 11.9. The van der Waals surface area contributed by atoms with Gasteiger partial charge in [-0.25, -0.2) is 9.78 Å². The normalized spacial score (nSPS) is 10.0. The molecule has 0 atom stereocenters. The van der Waals surface area contributed by atoms with Gasteiger partial charge in [0.15, 0.2) is 0 Å². The number of aromatic carboxylic acids is 1. The highest BCUT2D eigenvalue weighted by Gasteiger charge is 2.22. The number of hydrogen-bond donors (Lipinski definition) is 1. The first kappa shape index (κ1) is 16.3. The maximum Gasteiger partial charge on any atom is 0.339 e. The molecule has 0 aliphatic heterocycles. The number of aromatic nitrogens is 1. The van der Waals surface area contributed by atoms with Crippen molar-refractivity contribution in [3.8, 4) is 0 Å². The lowest BCUT2D eigenvalue weighted by atomic mass is 10.2. The molecule has 0 aliphatic rings. The molecule has 9 heteroatoms. The summed E-state index contributed by atoms with van der Waals surface area (Å²) >= 11 is 0. The van der Waals surface area contributed by atoms with Gasteiger partial charge in [-0.1, -0.05) is 0 Å². The summed E-state index contributed by atoms with van der Waals surface area (Å²) in [5, 5.41) is 19.9. The van der Waals surface area contributed by atoms with Crippen LogP contribution in [0.3, 0.4) is 0 Å². The smallest absolute Gasteiger partial charge is 0.339 e. The molecule has 1 amide bonds. The van der Waals surface area contributed by atoms with Crippen molar-refractivity contribution in [1.82, 2.24) is 9.88 Å². The standard InChI is InChI=1S/C12H16N4O5/c1-4-15(7-10(17)14(2)3)11-9(12(18)19)5-8(6-13-11)16(20)21/h5-6H,4,7H2,1-3H3,(H,18,19). The molecule has 1 aromatic heterocycles. The molecule has 0 aliphatic carbocycles. The van der Waals surface area contributed by atoms with Crippen LogP contribution in [-0.2, 0) is 4.79 Å². The second kappa shape index (κ2) is 6.64. The summed E-state index contributed by atoms with van der Waals surface area (Å²) < 4.78 is 0. The molecule has 0 saturated heterocycles. The summed E-state index contributed by atoms with van der Waals surface area (Å²) in [6.45, 7) is 2.01. The predicted octanol–water partition coefficient (Wildman–Crippen LogP) is 0.602. The van der Waals surface area contributed by atoms with Crippen molar-refractivity contribution in [2.45, 2.75) is 6.92 Å². The lowest BCUT2D eigenvalue weighted by Crippen LogP contribution is -2.37. The molecule has 1 heterocycles. The zero-order chi connectivity index (χ0) is 16.2. The number of nitrogens with zero attached hydrogens (tertiary/aromatic N) is 4. The van der Waals surface area contributed by atoms with Crippen molar-refractivity contribution in [1.29, 1.82) is 0 Å². The second-order valence-corrected chi connectivity index (χ2v) is 4.43. The Kier molecular flexibility index (Phi) is 5.17. The highest BCUT2D eigenvalue weighted by molar-refractivity contribution is 5.95. The van der Waals surface area contributed by atoms with E-state index in [1.54, 1.807) is 21.0 Å². The Morgan fingerprint density at radius 2 is 2.05 bits per heavy atom. The number of pyridine rings is 1. The van der Waals surface area contributed by atoms with Crippen LogP contribution < -0.4 is 4.90 Å². The van der Waals surface area contributed by atoms with Gasteiger partial charge in [-0.3, -0.25) is 14.9 Å². The quantitative estimate of drug-likeness (QED) is 0.603. The van der Waals surface area contributed by atoms with Crippen LogP contribution >= 0.6 is 0 Å². The number of hydrogen-bond acceptors (Lipinski definition) is 6. The number of likely N-dealkylation sites (N-methyl/N-ethyl adjacent to an activating group) is 2. The Bertz CT molecular complexity index is 573. The van der Waals surface area contributed by atoms with Gasteiger partial charge in [-0.15, -0.1) is 0 Å². The fourth-order valence-corrected chi connectivity index (χ4v) is 1.60. The number of carboxylic acids is 1. The molecule has 114 valence electrons. The number of carboxylic acid groups (broad SMARTS) is 1. The molecule has 0 aromatic carbocycles. The van der Waals surface area contributed by atoms with E-state index in [1.807, 2.05) is 0 Å². The van der Waals surface area contributed by atoms with Crippen LogP contribution in [-0.4, -0.2) is 59.0 Å². The lowest BCUT2D eigenvalue weighted by Gasteiger charge is -2.24. The van der Waals surface area contributed by atoms with Gasteiger partial charge >= 0.3 is 5.97 Å². The van der Waals surface area contributed by atoms with E-state index in [-0.39, 0.29) is 23.8 Å². The predicted molar refractivity (Wildman–Crippen MR) is 74.4 cm³/mol. The maximum atomic E-state index is 11.7. The molecule has 0 radical (unpaired) electrons. The summed E-state index contributed by atoms with van der Waals surface area (Å²) in [4.78, 5) is 39.6. The van der Waals surface area contributed by atoms with Gasteiger partial charge in [0.25, 0.3) is 5.69 Å². The van der Waals surface area contributed by atoms with Crippen LogP contribution in [0, 0.1) is 10.1 Å². The minimum atomic E-state index is -1.34. The molecule has 0 bridgehead atoms. The molecule has 0 fully saturated rings. The topological polar surface area (TPSA) is 117 Å². The van der Waals surface area contributed by atoms with Crippen molar-refractivity contribution in [3.05, 3.63) is 27.9 Å². The van der Waals surface area contributed by atoms with Crippen molar-refractivity contribution in [2.24, 2.45) is 0 Å². The Labute approximate surface area is 120 Å². The number of anilines is 1. The van der Waals surface area contributed by atoms with Crippen molar-refractivity contribution in [2.75, 3.05) is 32.1 Å². The maximum absolute atomic E-state index is 11.7. The van der Waals surface area contributed by atoms with Gasteiger partial charge in [0.05, 0.1) is 11.5 Å². The van der Waals surface area contributed by atoms with Gasteiger partial charge in [0.2, 0.25) is 5.91 Å². The molecule has 0 saturated carbocycles. The summed E-state index contributed by atoms with van der Waals surface area (Å²) in [5.41, 5.74) is -0.719. The fourth-order valence-electron chi connectivity index (χ4n) is 1.60. The van der Waals surface area contributed by atoms with E-state index in [0.717, 1.165) is 12.3 Å². The van der Waals surface area contributed by atoms with Crippen LogP contribution in [0.15, 0.2) is 12.3 Å². The Morgan fingerprint density at radius 3 is 2.48 bits per heavy atom. The minimum absolute atomic E-state index is 0.0331. The van der Waals surface area contributed by atoms with Gasteiger partial charge < -0.3 is 14.9 Å². The van der Waals surface area contributed by atoms with Crippen LogP contribution in [0.1, 0.15) is 17.3 Å². The first-order chi connectivity index (χ1) is 9.77. The highest BCUT2D eigenvalue weighted by Crippen LogP contribution is 2.22. The molecular weight excluding hydrogens is 280 g/mol. The molecule has 21 heavy (non-hydrogen) atoms. The fraction of sp³-hybridized carbons (Fsp3) is 0.417. The number of amides is 1. The van der Waals surface area contributed by atoms with E-state index < -0.39 is 16.6 Å². The lowest BCUT2D eigenvalue weighted by molar-refractivity contribution is -0.385. The summed E-state index contributed by atoms with van der Waals surface area (Å²) in [5.74, 6) is -1.53. The summed E-state index contributed by atoms with van der Waals surface area (Å²) in [6, 6.07) is 0.938. The molecule has 9 nitrogen and oxygen atoms in total. The molecule has 1 rings (SSSR count). The SMILES string of the molecule is CCN(CC(=O)N(C)C)c1ncc([N+](=O)[O-])cc1C(=O)O. The molecule has 1 N–H and O–H groups in total. The number of rotatable bonds is 6. The molecular formula is C12H16N4O5. The molecule has 0 spiro atoms. The molecule has 0 unspecified atom stereocenters. The Morgan fingerprint density at radius 1 is 1.43 bits per heavy atom. The van der Waals surface area contributed by atoms with Crippen LogP contribution in [0.5, 0.6) is 0 Å². The Balaban J connectivity index is 3.22. The Hall–Kier alpha value is -2.71. The van der Waals surface area contributed by atoms with Crippen LogP contribution in [0.2, 0.25) is 0 Å². The monoisotopic (exact) mass is 296 g/mol. The average molecular weight is 296 g/mol. The van der Waals surface area contributed by atoms with E-state index in [0.29, 0.717) is 6.54 Å². The highest BCUT2D eigenvalue weighted by atomic mass is 16.6. The van der Waals surface area contributed by atoms with Crippen molar-refractivity contribution >= 4 is 23.4 Å². The third-order valence-electron chi connectivity index (χ3n) is 2.80. The zero-order valence-electron chi connectivity index (χ0n) is 11.9. The first-order valence-corrected chi connectivity index (χ1v) is 6.10. The van der Waals surface area contributed by atoms with E-state index >= 15 is 0 Å². The van der Waals surface area contributed by atoms with E-state index in [1.165, 1.54) is 9.80 Å². The van der Waals surface area contributed by atoms with Crippen LogP contribution in [0.4, 0.5) is 11.5 Å². The van der Waals surface area contributed by atoms with E-state index in [9.17, 15) is 24.8 Å². The molecule has 1 aromatic rings. The van der Waals surface area contributed by atoms with Crippen molar-refractivity contribution < 1.29 is 19.6 Å². The first-order valence-electron chi connectivity index (χ1n) is 6.10. The van der Waals surface area contributed by atoms with E-state index in [2.05, 4.69) is 4.98 Å². The van der Waals surface area contributed by atoms with Crippen LogP contribution in [0.25, 0.3) is 0 Å². The third-order valence-corrected chi connectivity index (χ3v) is 2.80. The minimum Gasteiger partial charge on any atom is -0.478 e. The summed E-state index contributed by atoms with van der Waals surface area (Å²) in [6.07, 6.45) is 0.977. The number of nitro groups is 1. The summed E-state index contributed by atoms with van der Waals surface area (Å²) in [7, 11) is 3.16. The van der Waals surface area contributed by atoms with E-state index in [4.69, 9.17) is 0 Å². The van der Waals surface area contributed by atoms with Crippen molar-refractivity contribution in [3.63, 3.8) is 0 Å². The third kappa shape index (κ3) is 3.88. The van der Waals surface area contributed by atoms with Gasteiger partial charge in [-0.2, -0.15) is 0 Å². The van der Waals surface area contributed by atoms with Gasteiger partial charge in [0, 0.05) is 26.7 Å². The average Bonchev–Trinajstić information content (AvgIpc) is 2.43. The van der Waals surface area contributed by atoms with Gasteiger partial charge in [-0.05, 0) is 6.92 Å². The number of carbonyl (C=O) groups excluding carboxylic acids is 1. The van der Waals surface area contributed by atoms with Gasteiger partial charge in [0.1, 0.15) is 17.6 Å². The largest absolute Gasteiger partial charge is 0.478 e.